The number of benzene rings is 6. The summed E-state index contributed by atoms with van der Waals surface area (Å²) in [6.45, 7) is 0. The molecule has 1 heterocycles. The van der Waals surface area contributed by atoms with E-state index in [1.54, 1.807) is 0 Å². The van der Waals surface area contributed by atoms with Crippen molar-refractivity contribution < 1.29 is 0 Å². The summed E-state index contributed by atoms with van der Waals surface area (Å²) in [4.78, 5) is 5.21. The van der Waals surface area contributed by atoms with E-state index < -0.39 is 0 Å². The molecule has 2 atom stereocenters. The molecular formula is C42H31N. The van der Waals surface area contributed by atoms with E-state index in [9.17, 15) is 0 Å². The van der Waals surface area contributed by atoms with Crippen LogP contribution in [0.15, 0.2) is 164 Å². The van der Waals surface area contributed by atoms with Gasteiger partial charge in [-0.3, -0.25) is 0 Å². The Hall–Kier alpha value is -5.27. The number of hydrogen-bond donors (Lipinski definition) is 0. The molecule has 0 aliphatic heterocycles. The molecule has 6 aromatic carbocycles. The monoisotopic (exact) mass is 549 g/mol. The quantitative estimate of drug-likeness (QED) is 0.195. The fraction of sp³-hybridized carbons (Fsp3) is 0.0714. The molecule has 1 nitrogen and oxygen atoms in total. The van der Waals surface area contributed by atoms with Crippen molar-refractivity contribution in [1.82, 2.24) is 4.98 Å². The topological polar surface area (TPSA) is 12.9 Å². The van der Waals surface area contributed by atoms with Crippen molar-refractivity contribution in [2.24, 2.45) is 0 Å². The highest BCUT2D eigenvalue weighted by Crippen LogP contribution is 2.49. The van der Waals surface area contributed by atoms with E-state index in [0.29, 0.717) is 11.8 Å². The molecule has 7 aromatic rings. The van der Waals surface area contributed by atoms with Crippen molar-refractivity contribution in [2.75, 3.05) is 0 Å². The lowest BCUT2D eigenvalue weighted by atomic mass is 9.83. The van der Waals surface area contributed by atoms with Gasteiger partial charge in [-0.2, -0.15) is 0 Å². The zero-order chi connectivity index (χ0) is 28.6. The van der Waals surface area contributed by atoms with Gasteiger partial charge in [0.25, 0.3) is 0 Å². The molecular weight excluding hydrogens is 518 g/mol. The molecule has 43 heavy (non-hydrogen) atoms. The molecule has 0 fully saturated rings. The molecule has 0 saturated heterocycles. The molecule has 1 heteroatoms. The summed E-state index contributed by atoms with van der Waals surface area (Å²) in [5.41, 5.74) is 11.1. The number of nitrogens with zero attached hydrogens (tertiary/aromatic N) is 1. The lowest BCUT2D eigenvalue weighted by Gasteiger charge is -2.21. The molecule has 2 unspecified atom stereocenters. The first-order valence-electron chi connectivity index (χ1n) is 15.1. The van der Waals surface area contributed by atoms with Crippen molar-refractivity contribution in [1.29, 1.82) is 0 Å². The number of aromatic nitrogens is 1. The summed E-state index contributed by atoms with van der Waals surface area (Å²) in [5, 5.41) is 3.78. The normalized spacial score (nSPS) is 16.4. The second-order valence-corrected chi connectivity index (χ2v) is 11.5. The van der Waals surface area contributed by atoms with Crippen molar-refractivity contribution in [3.8, 4) is 22.4 Å². The van der Waals surface area contributed by atoms with Crippen molar-refractivity contribution in [2.45, 2.75) is 18.3 Å². The second kappa shape index (κ2) is 10.9. The molecule has 0 saturated carbocycles. The molecule has 1 aromatic heterocycles. The summed E-state index contributed by atoms with van der Waals surface area (Å²) in [7, 11) is 0. The number of fused-ring (bicyclic) bond motifs is 3. The largest absolute Gasteiger partial charge is 0.248 e. The van der Waals surface area contributed by atoms with Crippen molar-refractivity contribution >= 4 is 27.2 Å². The molecule has 0 spiro atoms. The molecule has 1 aliphatic rings. The molecule has 0 N–H and O–H groups in total. The van der Waals surface area contributed by atoms with E-state index >= 15 is 0 Å². The molecule has 0 amide bonds. The zero-order valence-corrected chi connectivity index (χ0v) is 23.9. The predicted octanol–water partition coefficient (Wildman–Crippen LogP) is 11.1. The maximum Gasteiger partial charge on any atom is 0.0722 e. The Morgan fingerprint density at radius 1 is 0.512 bits per heavy atom. The van der Waals surface area contributed by atoms with Crippen LogP contribution in [0.2, 0.25) is 0 Å². The Kier molecular flexibility index (Phi) is 6.42. The van der Waals surface area contributed by atoms with E-state index in [-0.39, 0.29) is 0 Å². The SMILES string of the molecule is C1=C(c2ccccc2)C(c2cccc3c2ccc2nc(-c4ccccc4)cc(-c4ccccc4)c23)CC1c1ccccc1. The van der Waals surface area contributed by atoms with Gasteiger partial charge in [0.1, 0.15) is 0 Å². The van der Waals surface area contributed by atoms with Crippen LogP contribution in [0.5, 0.6) is 0 Å². The standard InChI is InChI=1S/C42H31N/c1-5-14-29(15-6-1)33-26-37(30-16-7-2-8-17-30)39(27-33)34-22-13-23-36-35(34)24-25-40-42(36)38(31-18-9-3-10-19-31)28-41(43-40)32-20-11-4-12-21-32/h1-26,28,33,39H,27H2. The molecule has 0 bridgehead atoms. The van der Waals surface area contributed by atoms with Gasteiger partial charge in [0.2, 0.25) is 0 Å². The van der Waals surface area contributed by atoms with Gasteiger partial charge < -0.3 is 0 Å². The predicted molar refractivity (Wildman–Crippen MR) is 181 cm³/mol. The Morgan fingerprint density at radius 2 is 1.14 bits per heavy atom. The first-order valence-corrected chi connectivity index (χ1v) is 15.1. The second-order valence-electron chi connectivity index (χ2n) is 11.5. The summed E-state index contributed by atoms with van der Waals surface area (Å²) in [5.74, 6) is 0.678. The van der Waals surface area contributed by atoms with Gasteiger partial charge in [0.15, 0.2) is 0 Å². The van der Waals surface area contributed by atoms with E-state index in [4.69, 9.17) is 4.98 Å². The zero-order valence-electron chi connectivity index (χ0n) is 23.9. The van der Waals surface area contributed by atoms with Crippen LogP contribution < -0.4 is 0 Å². The Labute approximate surface area is 252 Å². The van der Waals surface area contributed by atoms with Crippen LogP contribution >= 0.6 is 0 Å². The summed E-state index contributed by atoms with van der Waals surface area (Å²) in [6, 6.07) is 56.8. The van der Waals surface area contributed by atoms with Crippen LogP contribution in [0, 0.1) is 0 Å². The first-order chi connectivity index (χ1) is 21.3. The highest BCUT2D eigenvalue weighted by Gasteiger charge is 2.30. The number of rotatable bonds is 5. The Morgan fingerprint density at radius 3 is 1.84 bits per heavy atom. The van der Waals surface area contributed by atoms with Gasteiger partial charge in [-0.05, 0) is 62.7 Å². The average molecular weight is 550 g/mol. The van der Waals surface area contributed by atoms with Gasteiger partial charge in [-0.15, -0.1) is 0 Å². The van der Waals surface area contributed by atoms with E-state index in [1.165, 1.54) is 49.5 Å². The van der Waals surface area contributed by atoms with Crippen LogP contribution in [0.4, 0.5) is 0 Å². The molecule has 8 rings (SSSR count). The third-order valence-electron chi connectivity index (χ3n) is 8.97. The third-order valence-corrected chi connectivity index (χ3v) is 8.97. The Balaban J connectivity index is 1.34. The van der Waals surface area contributed by atoms with Gasteiger partial charge in [-0.25, -0.2) is 4.98 Å². The van der Waals surface area contributed by atoms with E-state index in [0.717, 1.165) is 23.2 Å². The summed E-state index contributed by atoms with van der Waals surface area (Å²) in [6.07, 6.45) is 3.57. The van der Waals surface area contributed by atoms with E-state index in [1.807, 2.05) is 0 Å². The maximum atomic E-state index is 5.21. The lowest BCUT2D eigenvalue weighted by Crippen LogP contribution is -2.01. The van der Waals surface area contributed by atoms with E-state index in [2.05, 4.69) is 164 Å². The van der Waals surface area contributed by atoms with Crippen LogP contribution in [0.3, 0.4) is 0 Å². The first kappa shape index (κ1) is 25.4. The number of hydrogen-bond acceptors (Lipinski definition) is 1. The smallest absolute Gasteiger partial charge is 0.0722 e. The summed E-state index contributed by atoms with van der Waals surface area (Å²) < 4.78 is 0. The summed E-state index contributed by atoms with van der Waals surface area (Å²) >= 11 is 0. The fourth-order valence-corrected chi connectivity index (χ4v) is 6.96. The third kappa shape index (κ3) is 4.64. The van der Waals surface area contributed by atoms with Crippen LogP contribution in [0.1, 0.15) is 34.9 Å². The highest BCUT2D eigenvalue weighted by molar-refractivity contribution is 6.15. The maximum absolute atomic E-state index is 5.21. The lowest BCUT2D eigenvalue weighted by molar-refractivity contribution is 0.732. The van der Waals surface area contributed by atoms with Gasteiger partial charge >= 0.3 is 0 Å². The highest BCUT2D eigenvalue weighted by atomic mass is 14.7. The van der Waals surface area contributed by atoms with Gasteiger partial charge in [-0.1, -0.05) is 152 Å². The molecule has 0 radical (unpaired) electrons. The number of pyridine rings is 1. The average Bonchev–Trinajstić information content (AvgIpc) is 3.54. The van der Waals surface area contributed by atoms with Crippen LogP contribution in [-0.4, -0.2) is 4.98 Å². The van der Waals surface area contributed by atoms with Gasteiger partial charge in [0.05, 0.1) is 11.2 Å². The number of allylic oxidation sites excluding steroid dienone is 2. The minimum atomic E-state index is 0.297. The minimum Gasteiger partial charge on any atom is -0.248 e. The van der Waals surface area contributed by atoms with Crippen LogP contribution in [-0.2, 0) is 0 Å². The van der Waals surface area contributed by atoms with Gasteiger partial charge in [0, 0.05) is 22.8 Å². The molecule has 204 valence electrons. The minimum absolute atomic E-state index is 0.297. The van der Waals surface area contributed by atoms with Crippen molar-refractivity contribution in [3.63, 3.8) is 0 Å². The molecule has 1 aliphatic carbocycles. The fourth-order valence-electron chi connectivity index (χ4n) is 6.96. The van der Waals surface area contributed by atoms with Crippen LogP contribution in [0.25, 0.3) is 49.6 Å². The van der Waals surface area contributed by atoms with Crippen molar-refractivity contribution in [3.05, 3.63) is 180 Å². The Bertz CT molecular complexity index is 2080.